The van der Waals surface area contributed by atoms with Crippen LogP contribution in [0.5, 0.6) is 0 Å². The van der Waals surface area contributed by atoms with Crippen LogP contribution in [0.3, 0.4) is 0 Å². The summed E-state index contributed by atoms with van der Waals surface area (Å²) in [5.41, 5.74) is -0.431. The monoisotopic (exact) mass is 578 g/mol. The highest BCUT2D eigenvalue weighted by Gasteiger charge is 2.43. The smallest absolute Gasteiger partial charge is 0.416 e. The topological polar surface area (TPSA) is 82.2 Å². The molecule has 12 heteroatoms. The Labute approximate surface area is 235 Å². The van der Waals surface area contributed by atoms with Crippen molar-refractivity contribution in [3.05, 3.63) is 81.5 Å². The van der Waals surface area contributed by atoms with Crippen molar-refractivity contribution in [3.63, 3.8) is 0 Å². The van der Waals surface area contributed by atoms with E-state index in [9.17, 15) is 27.6 Å². The van der Waals surface area contributed by atoms with E-state index in [1.165, 1.54) is 23.1 Å². The van der Waals surface area contributed by atoms with Crippen LogP contribution >= 0.6 is 11.6 Å². The zero-order valence-electron chi connectivity index (χ0n) is 22.1. The third-order valence-corrected chi connectivity index (χ3v) is 7.20. The molecule has 2 aliphatic rings. The van der Waals surface area contributed by atoms with Gasteiger partial charge in [0.25, 0.3) is 5.91 Å². The van der Waals surface area contributed by atoms with E-state index in [2.05, 4.69) is 5.32 Å². The lowest BCUT2D eigenvalue weighted by molar-refractivity contribution is -0.141. The van der Waals surface area contributed by atoms with Crippen molar-refractivity contribution in [2.45, 2.75) is 26.1 Å². The number of carbonyl (C=O) groups excluding carboxylic acids is 3. The molecule has 0 spiro atoms. The number of hydrogen-bond acceptors (Lipinski definition) is 5. The SMILES string of the molecule is CCOC(=O)C1=C(CN2CCN(C(=O)c3ccc(Cl)cc3)CC2)N(CC)C(=O)N[C@H]1c1ccccc1C(F)(F)F. The first-order valence-electron chi connectivity index (χ1n) is 13.0. The molecule has 0 radical (unpaired) electrons. The molecule has 1 fully saturated rings. The van der Waals surface area contributed by atoms with Crippen LogP contribution in [0.1, 0.15) is 41.4 Å². The number of benzene rings is 2. The molecule has 2 aromatic carbocycles. The van der Waals surface area contributed by atoms with Crippen LogP contribution in [0, 0.1) is 0 Å². The number of nitrogens with one attached hydrogen (secondary N) is 1. The zero-order chi connectivity index (χ0) is 29.0. The number of piperazine rings is 1. The summed E-state index contributed by atoms with van der Waals surface area (Å²) in [7, 11) is 0. The molecule has 4 rings (SSSR count). The fourth-order valence-electron chi connectivity index (χ4n) is 4.99. The molecular weight excluding hydrogens is 549 g/mol. The van der Waals surface area contributed by atoms with Crippen molar-refractivity contribution in [2.75, 3.05) is 45.9 Å². The van der Waals surface area contributed by atoms with Crippen molar-refractivity contribution >= 4 is 29.5 Å². The van der Waals surface area contributed by atoms with E-state index >= 15 is 0 Å². The Morgan fingerprint density at radius 3 is 2.27 bits per heavy atom. The van der Waals surface area contributed by atoms with E-state index in [-0.39, 0.29) is 42.4 Å². The average molecular weight is 579 g/mol. The maximum absolute atomic E-state index is 13.9. The highest BCUT2D eigenvalue weighted by Crippen LogP contribution is 2.39. The summed E-state index contributed by atoms with van der Waals surface area (Å²) in [6, 6.07) is 9.53. The van der Waals surface area contributed by atoms with Crippen LogP contribution in [-0.4, -0.2) is 78.5 Å². The number of hydrogen-bond donors (Lipinski definition) is 1. The second-order valence-corrected chi connectivity index (χ2v) is 9.80. The van der Waals surface area contributed by atoms with Crippen molar-refractivity contribution < 1.29 is 32.3 Å². The van der Waals surface area contributed by atoms with Crippen molar-refractivity contribution in [3.8, 4) is 0 Å². The molecule has 0 unspecified atom stereocenters. The van der Waals surface area contributed by atoms with Gasteiger partial charge in [0, 0.05) is 55.6 Å². The second kappa shape index (κ2) is 12.3. The van der Waals surface area contributed by atoms with Crippen LogP contribution in [0.4, 0.5) is 18.0 Å². The summed E-state index contributed by atoms with van der Waals surface area (Å²) < 4.78 is 47.1. The molecule has 2 aromatic rings. The van der Waals surface area contributed by atoms with Gasteiger partial charge < -0.3 is 15.0 Å². The fraction of sp³-hybridized carbons (Fsp3) is 0.393. The number of likely N-dealkylation sites (N-methyl/N-ethyl adjacent to an activating group) is 1. The average Bonchev–Trinajstić information content (AvgIpc) is 2.93. The summed E-state index contributed by atoms with van der Waals surface area (Å²) in [4.78, 5) is 44.3. The maximum atomic E-state index is 13.9. The minimum absolute atomic E-state index is 0.00874. The van der Waals surface area contributed by atoms with Gasteiger partial charge in [0.1, 0.15) is 0 Å². The van der Waals surface area contributed by atoms with Gasteiger partial charge in [0.05, 0.1) is 23.8 Å². The van der Waals surface area contributed by atoms with Gasteiger partial charge >= 0.3 is 18.2 Å². The van der Waals surface area contributed by atoms with Crippen LogP contribution in [0.25, 0.3) is 0 Å². The molecule has 1 saturated heterocycles. The molecule has 0 aliphatic carbocycles. The minimum Gasteiger partial charge on any atom is -0.463 e. The third-order valence-electron chi connectivity index (χ3n) is 6.95. The van der Waals surface area contributed by atoms with E-state index < -0.39 is 29.8 Å². The number of carbonyl (C=O) groups is 3. The van der Waals surface area contributed by atoms with Gasteiger partial charge in [-0.2, -0.15) is 13.2 Å². The van der Waals surface area contributed by atoms with E-state index in [1.54, 1.807) is 43.0 Å². The first-order valence-corrected chi connectivity index (χ1v) is 13.3. The Morgan fingerprint density at radius 1 is 1.02 bits per heavy atom. The minimum atomic E-state index is -4.70. The lowest BCUT2D eigenvalue weighted by Crippen LogP contribution is -2.54. The second-order valence-electron chi connectivity index (χ2n) is 9.37. The number of esters is 1. The van der Waals surface area contributed by atoms with Gasteiger partial charge in [-0.3, -0.25) is 14.6 Å². The van der Waals surface area contributed by atoms with Gasteiger partial charge in [-0.1, -0.05) is 29.8 Å². The molecule has 0 saturated carbocycles. The molecule has 1 atom stereocenters. The molecule has 1 N–H and O–H groups in total. The van der Waals surface area contributed by atoms with Crippen molar-refractivity contribution in [1.29, 1.82) is 0 Å². The standard InChI is InChI=1S/C28H30ClF3N4O4/c1-3-36-22(17-34-13-15-35(16-14-34)25(37)18-9-11-19(29)12-10-18)23(26(38)40-4-2)24(33-27(36)39)20-7-5-6-8-21(20)28(30,31)32/h5-12,24H,3-4,13-17H2,1-2H3,(H,33,39)/t24-/m0/s1. The fourth-order valence-corrected chi connectivity index (χ4v) is 5.12. The predicted molar refractivity (Wildman–Crippen MR) is 143 cm³/mol. The summed E-state index contributed by atoms with van der Waals surface area (Å²) in [5, 5.41) is 3.12. The molecule has 3 amide bonds. The van der Waals surface area contributed by atoms with Crippen LogP contribution in [0.15, 0.2) is 59.8 Å². The normalized spacial score (nSPS) is 18.6. The first kappa shape index (κ1) is 29.4. The lowest BCUT2D eigenvalue weighted by atomic mass is 9.90. The highest BCUT2D eigenvalue weighted by molar-refractivity contribution is 6.30. The Hall–Kier alpha value is -3.57. The van der Waals surface area contributed by atoms with Gasteiger partial charge in [-0.25, -0.2) is 9.59 Å². The summed E-state index contributed by atoms with van der Waals surface area (Å²) in [6.07, 6.45) is -4.70. The zero-order valence-corrected chi connectivity index (χ0v) is 22.9. The summed E-state index contributed by atoms with van der Waals surface area (Å²) in [6.45, 7) is 5.28. The van der Waals surface area contributed by atoms with Crippen LogP contribution in [0.2, 0.25) is 5.02 Å². The van der Waals surface area contributed by atoms with Gasteiger partial charge in [0.2, 0.25) is 0 Å². The number of urea groups is 1. The molecule has 8 nitrogen and oxygen atoms in total. The Kier molecular flexibility index (Phi) is 9.05. The van der Waals surface area contributed by atoms with E-state index in [1.807, 2.05) is 4.90 Å². The maximum Gasteiger partial charge on any atom is 0.416 e. The van der Waals surface area contributed by atoms with Gasteiger partial charge in [-0.05, 0) is 49.7 Å². The molecule has 2 heterocycles. The van der Waals surface area contributed by atoms with E-state index in [0.29, 0.717) is 36.8 Å². The Morgan fingerprint density at radius 2 is 1.68 bits per heavy atom. The first-order chi connectivity index (χ1) is 19.0. The van der Waals surface area contributed by atoms with Gasteiger partial charge in [-0.15, -0.1) is 0 Å². The van der Waals surface area contributed by atoms with Crippen LogP contribution in [-0.2, 0) is 15.7 Å². The number of halogens is 4. The van der Waals surface area contributed by atoms with E-state index in [4.69, 9.17) is 16.3 Å². The number of nitrogens with zero attached hydrogens (tertiary/aromatic N) is 3. The van der Waals surface area contributed by atoms with Crippen LogP contribution < -0.4 is 5.32 Å². The number of alkyl halides is 3. The molecule has 214 valence electrons. The van der Waals surface area contributed by atoms with Crippen molar-refractivity contribution in [1.82, 2.24) is 20.0 Å². The lowest BCUT2D eigenvalue weighted by Gasteiger charge is -2.40. The molecular formula is C28H30ClF3N4O4. The molecule has 0 aromatic heterocycles. The predicted octanol–water partition coefficient (Wildman–Crippen LogP) is 4.72. The summed E-state index contributed by atoms with van der Waals surface area (Å²) in [5.74, 6) is -0.937. The highest BCUT2D eigenvalue weighted by atomic mass is 35.5. The molecule has 0 bridgehead atoms. The number of ether oxygens (including phenoxy) is 1. The Balaban J connectivity index is 1.65. The summed E-state index contributed by atoms with van der Waals surface area (Å²) >= 11 is 5.92. The number of rotatable bonds is 7. The van der Waals surface area contributed by atoms with Gasteiger partial charge in [0.15, 0.2) is 0 Å². The quantitative estimate of drug-likeness (QED) is 0.481. The Bertz CT molecular complexity index is 1290. The molecule has 2 aliphatic heterocycles. The number of amides is 3. The third kappa shape index (κ3) is 6.26. The molecule has 40 heavy (non-hydrogen) atoms. The van der Waals surface area contributed by atoms with Crippen molar-refractivity contribution in [2.24, 2.45) is 0 Å². The largest absolute Gasteiger partial charge is 0.463 e. The van der Waals surface area contributed by atoms with E-state index in [0.717, 1.165) is 6.07 Å².